The van der Waals surface area contributed by atoms with Crippen LogP contribution in [0.4, 0.5) is 17.2 Å². The molecule has 0 unspecified atom stereocenters. The monoisotopic (exact) mass is 442 g/mol. The quantitative estimate of drug-likeness (QED) is 0.599. The molecule has 1 aliphatic heterocycles. The summed E-state index contributed by atoms with van der Waals surface area (Å²) in [6.45, 7) is 4.07. The minimum Gasteiger partial charge on any atom is -0.497 e. The van der Waals surface area contributed by atoms with Crippen molar-refractivity contribution in [2.45, 2.75) is 26.2 Å². The first-order valence-corrected chi connectivity index (χ1v) is 10.8. The highest BCUT2D eigenvalue weighted by Gasteiger charge is 2.28. The summed E-state index contributed by atoms with van der Waals surface area (Å²) in [7, 11) is 1.59. The van der Waals surface area contributed by atoms with Crippen LogP contribution in [0.25, 0.3) is 0 Å². The average Bonchev–Trinajstić information content (AvgIpc) is 2.96. The lowest BCUT2D eigenvalue weighted by Crippen LogP contribution is -2.39. The van der Waals surface area contributed by atoms with Crippen LogP contribution in [0.3, 0.4) is 0 Å². The number of methoxy groups -OCH3 is 1. The van der Waals surface area contributed by atoms with Crippen molar-refractivity contribution in [3.05, 3.63) is 78.0 Å². The molecule has 0 bridgehead atoms. The summed E-state index contributed by atoms with van der Waals surface area (Å²) >= 11 is 0. The Morgan fingerprint density at radius 3 is 2.64 bits per heavy atom. The third-order valence-corrected chi connectivity index (χ3v) is 5.46. The molecule has 0 saturated heterocycles. The van der Waals surface area contributed by atoms with Crippen LogP contribution in [0.2, 0.25) is 0 Å². The van der Waals surface area contributed by atoms with Gasteiger partial charge in [0.2, 0.25) is 11.8 Å². The number of hydrogen-bond donors (Lipinski definition) is 1. The molecule has 7 nitrogen and oxygen atoms in total. The fraction of sp³-hybridized carbons (Fsp3) is 0.231. The van der Waals surface area contributed by atoms with Crippen molar-refractivity contribution in [3.8, 4) is 5.75 Å². The number of fused-ring (bicyclic) bond motifs is 1. The number of carbonyl (C=O) groups excluding carboxylic acids is 2. The zero-order valence-electron chi connectivity index (χ0n) is 18.9. The highest BCUT2D eigenvalue weighted by Crippen LogP contribution is 2.31. The molecule has 0 fully saturated rings. The first-order valence-electron chi connectivity index (χ1n) is 10.8. The Kier molecular flexibility index (Phi) is 6.49. The van der Waals surface area contributed by atoms with Gasteiger partial charge in [0.25, 0.3) is 0 Å². The number of hydrogen-bond acceptors (Lipinski definition) is 5. The normalized spacial score (nSPS) is 13.3. The summed E-state index contributed by atoms with van der Waals surface area (Å²) in [6.07, 6.45) is 1.63. The Balaban J connectivity index is 1.56. The molecule has 33 heavy (non-hydrogen) atoms. The van der Waals surface area contributed by atoms with Gasteiger partial charge in [-0.05, 0) is 47.9 Å². The topological polar surface area (TPSA) is 83.9 Å². The van der Waals surface area contributed by atoms with E-state index in [-0.39, 0.29) is 24.8 Å². The van der Waals surface area contributed by atoms with E-state index in [0.29, 0.717) is 34.6 Å². The van der Waals surface area contributed by atoms with Gasteiger partial charge in [0, 0.05) is 17.4 Å². The van der Waals surface area contributed by atoms with Crippen molar-refractivity contribution in [3.63, 3.8) is 0 Å². The van der Waals surface area contributed by atoms with E-state index in [1.165, 1.54) is 10.5 Å². The van der Waals surface area contributed by atoms with Crippen LogP contribution >= 0.6 is 0 Å². The van der Waals surface area contributed by atoms with Gasteiger partial charge in [-0.15, -0.1) is 0 Å². The summed E-state index contributed by atoms with van der Waals surface area (Å²) in [5, 5.41) is 2.87. The second-order valence-electron chi connectivity index (χ2n) is 8.12. The zero-order valence-corrected chi connectivity index (χ0v) is 18.9. The van der Waals surface area contributed by atoms with Crippen LogP contribution in [0, 0.1) is 0 Å². The molecule has 1 aromatic heterocycles. The predicted molar refractivity (Wildman–Crippen MR) is 130 cm³/mol. The van der Waals surface area contributed by atoms with Crippen molar-refractivity contribution in [2.24, 2.45) is 4.99 Å². The molecule has 7 heteroatoms. The number of amides is 2. The maximum atomic E-state index is 13.2. The lowest BCUT2D eigenvalue weighted by Gasteiger charge is -2.20. The molecule has 0 atom stereocenters. The van der Waals surface area contributed by atoms with E-state index in [1.54, 1.807) is 25.4 Å². The smallest absolute Gasteiger partial charge is 0.244 e. The Morgan fingerprint density at radius 2 is 1.91 bits per heavy atom. The molecule has 3 aromatic rings. The summed E-state index contributed by atoms with van der Waals surface area (Å²) in [6, 6.07) is 18.7. The number of aliphatic imine (C=N–C) groups is 1. The van der Waals surface area contributed by atoms with Crippen molar-refractivity contribution in [1.82, 2.24) is 4.98 Å². The van der Waals surface area contributed by atoms with E-state index in [1.807, 2.05) is 48.5 Å². The molecule has 2 heterocycles. The molecule has 2 aromatic carbocycles. The third-order valence-electron chi connectivity index (χ3n) is 5.46. The highest BCUT2D eigenvalue weighted by molar-refractivity contribution is 6.18. The molecule has 1 N–H and O–H groups in total. The Hall–Kier alpha value is -4.00. The van der Waals surface area contributed by atoms with Crippen LogP contribution in [-0.4, -0.2) is 36.2 Å². The van der Waals surface area contributed by atoms with Gasteiger partial charge in [-0.1, -0.05) is 38.1 Å². The van der Waals surface area contributed by atoms with Gasteiger partial charge in [0.1, 0.15) is 18.0 Å². The minimum absolute atomic E-state index is 0.0416. The maximum Gasteiger partial charge on any atom is 0.244 e. The summed E-state index contributed by atoms with van der Waals surface area (Å²) in [5.41, 5.74) is 3.79. The number of ether oxygens (including phenoxy) is 1. The minimum atomic E-state index is -0.304. The fourth-order valence-corrected chi connectivity index (χ4v) is 3.65. The number of carbonyl (C=O) groups is 2. The van der Waals surface area contributed by atoms with Gasteiger partial charge in [0.05, 0.1) is 19.2 Å². The van der Waals surface area contributed by atoms with Crippen molar-refractivity contribution < 1.29 is 14.3 Å². The number of benzene rings is 2. The van der Waals surface area contributed by atoms with E-state index in [4.69, 9.17) is 9.73 Å². The van der Waals surface area contributed by atoms with Crippen LogP contribution < -0.4 is 15.0 Å². The van der Waals surface area contributed by atoms with Gasteiger partial charge in [-0.3, -0.25) is 14.5 Å². The van der Waals surface area contributed by atoms with Gasteiger partial charge in [-0.25, -0.2) is 9.98 Å². The number of nitrogens with zero attached hydrogens (tertiary/aromatic N) is 3. The molecule has 2 amide bonds. The summed E-state index contributed by atoms with van der Waals surface area (Å²) < 4.78 is 5.31. The molecular weight excluding hydrogens is 416 g/mol. The molecule has 1 aliphatic rings. The lowest BCUT2D eigenvalue weighted by atomic mass is 10.0. The van der Waals surface area contributed by atoms with E-state index >= 15 is 0 Å². The van der Waals surface area contributed by atoms with Gasteiger partial charge < -0.3 is 10.1 Å². The maximum absolute atomic E-state index is 13.2. The zero-order chi connectivity index (χ0) is 23.4. The lowest BCUT2D eigenvalue weighted by molar-refractivity contribution is -0.120. The van der Waals surface area contributed by atoms with Crippen LogP contribution in [0.15, 0.2) is 71.9 Å². The van der Waals surface area contributed by atoms with Crippen molar-refractivity contribution in [2.75, 3.05) is 23.9 Å². The molecule has 0 aliphatic carbocycles. The number of rotatable bonds is 6. The van der Waals surface area contributed by atoms with E-state index in [9.17, 15) is 9.59 Å². The van der Waals surface area contributed by atoms with Crippen LogP contribution in [-0.2, 0) is 9.59 Å². The Labute approximate surface area is 193 Å². The van der Waals surface area contributed by atoms with Gasteiger partial charge in [-0.2, -0.15) is 0 Å². The van der Waals surface area contributed by atoms with Crippen molar-refractivity contribution in [1.29, 1.82) is 0 Å². The number of nitrogens with one attached hydrogen (secondary N) is 1. The standard InChI is InChI=1S/C26H26N4O3/c1-17(2)18-9-11-20(12-10-18)28-24(31)16-30-25(32)15-23(19-6-4-7-21(14-19)33-3)29-22-8-5-13-27-26(22)30/h4-14,17H,15-16H2,1-3H3,(H,28,31). The van der Waals surface area contributed by atoms with Crippen LogP contribution in [0.5, 0.6) is 5.75 Å². The highest BCUT2D eigenvalue weighted by atomic mass is 16.5. The summed E-state index contributed by atoms with van der Waals surface area (Å²) in [4.78, 5) is 36.5. The van der Waals surface area contributed by atoms with Gasteiger partial charge in [0.15, 0.2) is 5.82 Å². The molecule has 168 valence electrons. The first kappa shape index (κ1) is 22.2. The first-order chi connectivity index (χ1) is 15.9. The molecular formula is C26H26N4O3. The number of aromatic nitrogens is 1. The molecule has 0 radical (unpaired) electrons. The largest absolute Gasteiger partial charge is 0.497 e. The average molecular weight is 443 g/mol. The molecule has 4 rings (SSSR count). The van der Waals surface area contributed by atoms with Gasteiger partial charge >= 0.3 is 0 Å². The van der Waals surface area contributed by atoms with E-state index in [0.717, 1.165) is 5.56 Å². The Morgan fingerprint density at radius 1 is 1.12 bits per heavy atom. The van der Waals surface area contributed by atoms with Crippen LogP contribution in [0.1, 0.15) is 37.3 Å². The fourth-order valence-electron chi connectivity index (χ4n) is 3.65. The van der Waals surface area contributed by atoms with Crippen molar-refractivity contribution >= 4 is 34.7 Å². The predicted octanol–water partition coefficient (Wildman–Crippen LogP) is 4.71. The van der Waals surface area contributed by atoms with E-state index < -0.39 is 0 Å². The number of anilines is 2. The summed E-state index contributed by atoms with van der Waals surface area (Å²) in [5.74, 6) is 0.899. The third kappa shape index (κ3) is 5.09. The second kappa shape index (κ2) is 9.65. The second-order valence-corrected chi connectivity index (χ2v) is 8.12. The molecule has 0 saturated carbocycles. The van der Waals surface area contributed by atoms with E-state index in [2.05, 4.69) is 24.1 Å². The Bertz CT molecular complexity index is 1200. The molecule has 0 spiro atoms. The number of pyridine rings is 1. The SMILES string of the molecule is COc1cccc(C2=Nc3cccnc3N(CC(=O)Nc3ccc(C(C)C)cc3)C(=O)C2)c1.